The summed E-state index contributed by atoms with van der Waals surface area (Å²) in [5.74, 6) is 0.976. The predicted octanol–water partition coefficient (Wildman–Crippen LogP) is 4.52. The number of pyridine rings is 1. The second-order valence-electron chi connectivity index (χ2n) is 9.63. The molecule has 0 N–H and O–H groups in total. The van der Waals surface area contributed by atoms with Gasteiger partial charge in [0, 0.05) is 31.8 Å². The summed E-state index contributed by atoms with van der Waals surface area (Å²) in [7, 11) is 7.74. The number of hydrogen-bond donors (Lipinski definition) is 0. The van der Waals surface area contributed by atoms with Gasteiger partial charge < -0.3 is 9.80 Å². The van der Waals surface area contributed by atoms with Crippen LogP contribution in [0.3, 0.4) is 0 Å². The van der Waals surface area contributed by atoms with E-state index in [1.807, 2.05) is 49.4 Å². The van der Waals surface area contributed by atoms with E-state index >= 15 is 0 Å². The van der Waals surface area contributed by atoms with E-state index in [1.165, 1.54) is 0 Å². The zero-order valence-corrected chi connectivity index (χ0v) is 20.9. The average Bonchev–Trinajstić information content (AvgIpc) is 3.48. The number of hydrogen-bond acceptors (Lipinski definition) is 5. The van der Waals surface area contributed by atoms with Crippen LogP contribution in [-0.2, 0) is 0 Å². The lowest BCUT2D eigenvalue weighted by molar-refractivity contribution is 0.0827. The van der Waals surface area contributed by atoms with E-state index in [0.717, 1.165) is 52.9 Å². The number of anilines is 1. The van der Waals surface area contributed by atoms with Gasteiger partial charge in [0.25, 0.3) is 5.91 Å². The molecule has 7 nitrogen and oxygen atoms in total. The Kier molecular flexibility index (Phi) is 5.70. The molecule has 0 radical (unpaired) electrons. The summed E-state index contributed by atoms with van der Waals surface area (Å²) in [6, 6.07) is 18.2. The monoisotopic (exact) mass is 466 g/mol. The Morgan fingerprint density at radius 2 is 1.89 bits per heavy atom. The molecular weight excluding hydrogens is 436 g/mol. The molecule has 5 rings (SSSR count). The van der Waals surface area contributed by atoms with Gasteiger partial charge in [-0.05, 0) is 69.3 Å². The Bertz CT molecular complexity index is 1490. The molecule has 3 heterocycles. The van der Waals surface area contributed by atoms with Crippen molar-refractivity contribution in [3.8, 4) is 17.2 Å². The lowest BCUT2D eigenvalue weighted by atomic mass is 9.95. The summed E-state index contributed by atoms with van der Waals surface area (Å²) in [6.07, 6.45) is 2.35. The number of fused-ring (bicyclic) bond motifs is 3. The van der Waals surface area contributed by atoms with Gasteiger partial charge in [0.15, 0.2) is 5.65 Å². The summed E-state index contributed by atoms with van der Waals surface area (Å²) >= 11 is 0. The van der Waals surface area contributed by atoms with Gasteiger partial charge in [0.05, 0.1) is 22.8 Å². The van der Waals surface area contributed by atoms with Crippen LogP contribution in [0.1, 0.15) is 34.3 Å². The normalized spacial score (nSPS) is 15.8. The average molecular weight is 467 g/mol. The standard InChI is InChI=1S/C28H30N6O/c1-18-21(17-29)26-30-22-12-6-7-13-23(22)34(26)27(33-15-9-14-24(33)31(2)3)25(18)19-10-8-11-20(16-19)28(35)32(4)5/h6-8,10-13,16,24H,9,14-15H2,1-5H3. The Balaban J connectivity index is 1.92. The first kappa shape index (κ1) is 22.9. The van der Waals surface area contributed by atoms with Crippen LogP contribution in [-0.4, -0.2) is 66.0 Å². The van der Waals surface area contributed by atoms with Gasteiger partial charge in [-0.3, -0.25) is 14.1 Å². The van der Waals surface area contributed by atoms with E-state index in [0.29, 0.717) is 16.8 Å². The lowest BCUT2D eigenvalue weighted by Crippen LogP contribution is -2.41. The van der Waals surface area contributed by atoms with Crippen LogP contribution in [0.2, 0.25) is 0 Å². The number of rotatable bonds is 4. The fourth-order valence-corrected chi connectivity index (χ4v) is 5.33. The first-order valence-electron chi connectivity index (χ1n) is 11.9. The lowest BCUT2D eigenvalue weighted by Gasteiger charge is -2.34. The van der Waals surface area contributed by atoms with E-state index < -0.39 is 0 Å². The minimum Gasteiger partial charge on any atom is -0.345 e. The number of aromatic nitrogens is 2. The Morgan fingerprint density at radius 1 is 1.11 bits per heavy atom. The number of para-hydroxylation sites is 2. The molecule has 1 unspecified atom stereocenters. The van der Waals surface area contributed by atoms with Gasteiger partial charge >= 0.3 is 0 Å². The molecule has 1 amide bonds. The van der Waals surface area contributed by atoms with Crippen molar-refractivity contribution in [2.45, 2.75) is 25.9 Å². The smallest absolute Gasteiger partial charge is 0.253 e. The second-order valence-corrected chi connectivity index (χ2v) is 9.63. The van der Waals surface area contributed by atoms with Gasteiger partial charge in [0.1, 0.15) is 11.9 Å². The molecule has 0 spiro atoms. The highest BCUT2D eigenvalue weighted by atomic mass is 16.2. The summed E-state index contributed by atoms with van der Waals surface area (Å²) in [6.45, 7) is 2.90. The highest BCUT2D eigenvalue weighted by Crippen LogP contribution is 2.42. The topological polar surface area (TPSA) is 67.9 Å². The third kappa shape index (κ3) is 3.62. The molecule has 0 bridgehead atoms. The van der Waals surface area contributed by atoms with Crippen molar-refractivity contribution < 1.29 is 4.79 Å². The third-order valence-corrected chi connectivity index (χ3v) is 6.98. The number of benzene rings is 2. The van der Waals surface area contributed by atoms with Crippen LogP contribution in [0.4, 0.5) is 5.82 Å². The highest BCUT2D eigenvalue weighted by molar-refractivity contribution is 5.97. The molecule has 7 heteroatoms. The highest BCUT2D eigenvalue weighted by Gasteiger charge is 2.33. The molecule has 0 aliphatic carbocycles. The molecule has 178 valence electrons. The molecular formula is C28H30N6O. The zero-order chi connectivity index (χ0) is 24.9. The fourth-order valence-electron chi connectivity index (χ4n) is 5.33. The van der Waals surface area contributed by atoms with Gasteiger partial charge in [0.2, 0.25) is 0 Å². The maximum Gasteiger partial charge on any atom is 0.253 e. The molecule has 1 aliphatic heterocycles. The quantitative estimate of drug-likeness (QED) is 0.442. The van der Waals surface area contributed by atoms with E-state index in [2.05, 4.69) is 40.4 Å². The van der Waals surface area contributed by atoms with Crippen LogP contribution in [0.5, 0.6) is 0 Å². The number of carbonyl (C=O) groups excluding carboxylic acids is 1. The molecule has 1 atom stereocenters. The number of carbonyl (C=O) groups is 1. The van der Waals surface area contributed by atoms with Crippen LogP contribution in [0.15, 0.2) is 48.5 Å². The Morgan fingerprint density at radius 3 is 2.60 bits per heavy atom. The summed E-state index contributed by atoms with van der Waals surface area (Å²) in [5.41, 5.74) is 6.46. The van der Waals surface area contributed by atoms with E-state index in [9.17, 15) is 10.1 Å². The second kappa shape index (κ2) is 8.71. The van der Waals surface area contributed by atoms with Crippen molar-refractivity contribution in [2.24, 2.45) is 0 Å². The van der Waals surface area contributed by atoms with Crippen LogP contribution in [0.25, 0.3) is 27.8 Å². The fraction of sp³-hybridized carbons (Fsp3) is 0.321. The van der Waals surface area contributed by atoms with E-state index in [1.54, 1.807) is 19.0 Å². The van der Waals surface area contributed by atoms with Crippen molar-refractivity contribution >= 4 is 28.4 Å². The van der Waals surface area contributed by atoms with E-state index in [-0.39, 0.29) is 12.1 Å². The largest absolute Gasteiger partial charge is 0.345 e. The van der Waals surface area contributed by atoms with E-state index in [4.69, 9.17) is 4.98 Å². The first-order valence-corrected chi connectivity index (χ1v) is 11.9. The van der Waals surface area contributed by atoms with Crippen LogP contribution in [0, 0.1) is 18.3 Å². The minimum atomic E-state index is -0.0481. The molecule has 2 aromatic heterocycles. The predicted molar refractivity (Wildman–Crippen MR) is 140 cm³/mol. The maximum absolute atomic E-state index is 12.8. The number of nitrogens with zero attached hydrogens (tertiary/aromatic N) is 6. The van der Waals surface area contributed by atoms with Crippen molar-refractivity contribution in [1.29, 1.82) is 5.26 Å². The van der Waals surface area contributed by atoms with Crippen molar-refractivity contribution in [3.63, 3.8) is 0 Å². The maximum atomic E-state index is 12.8. The molecule has 1 aliphatic rings. The SMILES string of the molecule is Cc1c(-c2cccc(C(=O)N(C)C)c2)c(N2CCCC2N(C)C)n2c(nc3ccccc32)c1C#N. The molecule has 1 fully saturated rings. The number of imidazole rings is 1. The molecule has 0 saturated carbocycles. The number of nitriles is 1. The van der Waals surface area contributed by atoms with Gasteiger partial charge in [-0.25, -0.2) is 4.98 Å². The summed E-state index contributed by atoms with van der Waals surface area (Å²) in [5, 5.41) is 10.2. The van der Waals surface area contributed by atoms with Gasteiger partial charge in [-0.15, -0.1) is 0 Å². The van der Waals surface area contributed by atoms with Crippen LogP contribution < -0.4 is 4.90 Å². The van der Waals surface area contributed by atoms with Crippen molar-refractivity contribution in [2.75, 3.05) is 39.6 Å². The first-order chi connectivity index (χ1) is 16.8. The molecule has 1 saturated heterocycles. The molecule has 35 heavy (non-hydrogen) atoms. The van der Waals surface area contributed by atoms with Gasteiger partial charge in [-0.1, -0.05) is 24.3 Å². The molecule has 4 aromatic rings. The summed E-state index contributed by atoms with van der Waals surface area (Å²) in [4.78, 5) is 24.0. The third-order valence-electron chi connectivity index (χ3n) is 6.98. The number of amides is 1. The zero-order valence-electron chi connectivity index (χ0n) is 20.9. The molecule has 2 aromatic carbocycles. The Labute approximate surface area is 205 Å². The van der Waals surface area contributed by atoms with Crippen molar-refractivity contribution in [1.82, 2.24) is 19.2 Å². The Hall–Kier alpha value is -3.89. The minimum absolute atomic E-state index is 0.0481. The van der Waals surface area contributed by atoms with Gasteiger partial charge in [-0.2, -0.15) is 5.26 Å². The van der Waals surface area contributed by atoms with Crippen molar-refractivity contribution in [3.05, 3.63) is 65.2 Å². The van der Waals surface area contributed by atoms with Crippen LogP contribution >= 0.6 is 0 Å². The summed E-state index contributed by atoms with van der Waals surface area (Å²) < 4.78 is 2.15.